The number of nitrogens with one attached hydrogen (secondary N) is 1. The van der Waals surface area contributed by atoms with E-state index in [9.17, 15) is 22.4 Å². The van der Waals surface area contributed by atoms with Crippen molar-refractivity contribution in [2.24, 2.45) is 0 Å². The van der Waals surface area contributed by atoms with Gasteiger partial charge < -0.3 is 10.1 Å². The lowest BCUT2D eigenvalue weighted by Gasteiger charge is -2.08. The van der Waals surface area contributed by atoms with Crippen LogP contribution in [0.25, 0.3) is 12.2 Å². The SMILES string of the molecule is COC(=O)c1c(C)cccc1Br.O=C1NCc2cccc(S(=O)(=O)c3ccc(/C=C/c4ccc(F)cc4)cc3)c21. The zero-order chi connectivity index (χ0) is 28.9. The predicted molar refractivity (Wildman–Crippen MR) is 155 cm³/mol. The van der Waals surface area contributed by atoms with Crippen LogP contribution in [0.4, 0.5) is 4.39 Å². The summed E-state index contributed by atoms with van der Waals surface area (Å²) >= 11 is 3.29. The summed E-state index contributed by atoms with van der Waals surface area (Å²) in [4.78, 5) is 23.4. The summed E-state index contributed by atoms with van der Waals surface area (Å²) in [5.74, 6) is -0.971. The van der Waals surface area contributed by atoms with Crippen LogP contribution >= 0.6 is 15.9 Å². The van der Waals surface area contributed by atoms with Crippen LogP contribution in [-0.2, 0) is 21.1 Å². The summed E-state index contributed by atoms with van der Waals surface area (Å²) in [6, 6.07) is 22.9. The fourth-order valence-corrected chi connectivity index (χ4v) is 6.24. The van der Waals surface area contributed by atoms with Crippen molar-refractivity contribution in [3.63, 3.8) is 0 Å². The standard InChI is InChI=1S/C22H16FNO3S.C9H9BrO2/c23-18-10-6-15(7-11-18)4-5-16-8-12-19(13-9-16)28(26,27)20-3-1-2-17-14-24-22(25)21(17)20;1-6-4-3-5-7(10)8(6)9(11)12-2/h1-13H,14H2,(H,24,25);3-5H,1-2H3/b5-4+;. The van der Waals surface area contributed by atoms with Gasteiger partial charge in [-0.05, 0) is 81.5 Å². The summed E-state index contributed by atoms with van der Waals surface area (Å²) in [5, 5.41) is 2.66. The van der Waals surface area contributed by atoms with Gasteiger partial charge in [-0.1, -0.05) is 60.7 Å². The lowest BCUT2D eigenvalue weighted by atomic mass is 10.1. The maximum atomic E-state index is 13.0. The molecule has 0 bridgehead atoms. The van der Waals surface area contributed by atoms with Crippen LogP contribution in [0.3, 0.4) is 0 Å². The second-order valence-electron chi connectivity index (χ2n) is 8.85. The Morgan fingerprint density at radius 1 is 0.925 bits per heavy atom. The van der Waals surface area contributed by atoms with E-state index >= 15 is 0 Å². The summed E-state index contributed by atoms with van der Waals surface area (Å²) in [6.07, 6.45) is 3.63. The molecule has 1 aliphatic rings. The first-order chi connectivity index (χ1) is 19.1. The van der Waals surface area contributed by atoms with Crippen molar-refractivity contribution in [3.05, 3.63) is 129 Å². The largest absolute Gasteiger partial charge is 0.465 e. The van der Waals surface area contributed by atoms with Crippen LogP contribution in [0, 0.1) is 12.7 Å². The number of carbonyl (C=O) groups excluding carboxylic acids is 2. The Kier molecular flexibility index (Phi) is 8.96. The van der Waals surface area contributed by atoms with Gasteiger partial charge in [0.15, 0.2) is 0 Å². The van der Waals surface area contributed by atoms with Crippen molar-refractivity contribution < 1.29 is 27.1 Å². The number of aryl methyl sites for hydroxylation is 1. The average Bonchev–Trinajstić information content (AvgIpc) is 3.34. The molecule has 5 rings (SSSR count). The molecule has 6 nitrogen and oxygen atoms in total. The fraction of sp³-hybridized carbons (Fsp3) is 0.0968. The maximum Gasteiger partial charge on any atom is 0.339 e. The van der Waals surface area contributed by atoms with Crippen molar-refractivity contribution in [1.82, 2.24) is 5.32 Å². The Hall–Kier alpha value is -4.08. The number of ether oxygens (including phenoxy) is 1. The van der Waals surface area contributed by atoms with E-state index in [4.69, 9.17) is 0 Å². The highest BCUT2D eigenvalue weighted by Crippen LogP contribution is 2.29. The number of halogens is 2. The van der Waals surface area contributed by atoms with E-state index in [1.807, 2.05) is 37.3 Å². The molecule has 0 saturated heterocycles. The molecule has 4 aromatic carbocycles. The number of carbonyl (C=O) groups is 2. The molecule has 0 saturated carbocycles. The number of sulfone groups is 1. The lowest BCUT2D eigenvalue weighted by Crippen LogP contribution is -2.15. The van der Waals surface area contributed by atoms with E-state index < -0.39 is 9.84 Å². The summed E-state index contributed by atoms with van der Waals surface area (Å²) in [5.41, 5.74) is 4.06. The summed E-state index contributed by atoms with van der Waals surface area (Å²) in [6.45, 7) is 2.21. The van der Waals surface area contributed by atoms with Gasteiger partial charge in [0.1, 0.15) is 5.82 Å². The first-order valence-electron chi connectivity index (χ1n) is 12.1. The first-order valence-corrected chi connectivity index (χ1v) is 14.4. The quantitative estimate of drug-likeness (QED) is 0.200. The Morgan fingerprint density at radius 3 is 2.12 bits per heavy atom. The Bertz CT molecular complexity index is 1680. The highest BCUT2D eigenvalue weighted by atomic mass is 79.9. The van der Waals surface area contributed by atoms with Crippen LogP contribution in [0.15, 0.2) is 99.2 Å². The molecule has 40 heavy (non-hydrogen) atoms. The Morgan fingerprint density at radius 2 is 1.52 bits per heavy atom. The van der Waals surface area contributed by atoms with E-state index in [1.165, 1.54) is 37.4 Å². The van der Waals surface area contributed by atoms with Crippen molar-refractivity contribution >= 4 is 49.8 Å². The fourth-order valence-electron chi connectivity index (χ4n) is 4.11. The molecule has 4 aromatic rings. The molecule has 0 aromatic heterocycles. The summed E-state index contributed by atoms with van der Waals surface area (Å²) < 4.78 is 44.4. The van der Waals surface area contributed by atoms with Crippen molar-refractivity contribution in [2.45, 2.75) is 23.3 Å². The van der Waals surface area contributed by atoms with Crippen molar-refractivity contribution in [3.8, 4) is 0 Å². The van der Waals surface area contributed by atoms with Crippen LogP contribution in [0.1, 0.15) is 43.0 Å². The van der Waals surface area contributed by atoms with Crippen LogP contribution in [0.5, 0.6) is 0 Å². The molecule has 0 radical (unpaired) electrons. The smallest absolute Gasteiger partial charge is 0.339 e. The van der Waals surface area contributed by atoms with Crippen LogP contribution in [-0.4, -0.2) is 27.4 Å². The minimum Gasteiger partial charge on any atom is -0.465 e. The number of rotatable bonds is 5. The third-order valence-electron chi connectivity index (χ3n) is 6.21. The van der Waals surface area contributed by atoms with E-state index in [2.05, 4.69) is 26.0 Å². The minimum atomic E-state index is -3.81. The molecule has 0 unspecified atom stereocenters. The van der Waals surface area contributed by atoms with E-state index in [0.29, 0.717) is 17.7 Å². The molecule has 0 atom stereocenters. The van der Waals surface area contributed by atoms with Gasteiger partial charge in [0, 0.05) is 11.0 Å². The van der Waals surface area contributed by atoms with Gasteiger partial charge in [-0.15, -0.1) is 0 Å². The molecule has 0 fully saturated rings. The first kappa shape index (κ1) is 28.9. The van der Waals surface area contributed by atoms with E-state index in [1.54, 1.807) is 36.4 Å². The number of hydrogen-bond acceptors (Lipinski definition) is 5. The number of fused-ring (bicyclic) bond motifs is 1. The zero-order valence-corrected chi connectivity index (χ0v) is 24.1. The van der Waals surface area contributed by atoms with Crippen LogP contribution < -0.4 is 5.32 Å². The second-order valence-corrected chi connectivity index (χ2v) is 11.6. The van der Waals surface area contributed by atoms with Crippen LogP contribution in [0.2, 0.25) is 0 Å². The highest BCUT2D eigenvalue weighted by Gasteiger charge is 2.29. The molecule has 1 aliphatic heterocycles. The number of benzene rings is 4. The molecule has 0 spiro atoms. The Labute approximate surface area is 240 Å². The predicted octanol–water partition coefficient (Wildman–Crippen LogP) is 6.62. The van der Waals surface area contributed by atoms with Crippen molar-refractivity contribution in [2.75, 3.05) is 7.11 Å². The highest BCUT2D eigenvalue weighted by molar-refractivity contribution is 9.10. The van der Waals surface area contributed by atoms with Gasteiger partial charge in [0.05, 0.1) is 28.0 Å². The van der Waals surface area contributed by atoms with Crippen molar-refractivity contribution in [1.29, 1.82) is 0 Å². The number of hydrogen-bond donors (Lipinski definition) is 1. The minimum absolute atomic E-state index is 0.0228. The molecule has 204 valence electrons. The van der Waals surface area contributed by atoms with Gasteiger partial charge >= 0.3 is 5.97 Å². The molecule has 0 aliphatic carbocycles. The van der Waals surface area contributed by atoms with Gasteiger partial charge in [0.25, 0.3) is 5.91 Å². The zero-order valence-electron chi connectivity index (χ0n) is 21.7. The molecule has 9 heteroatoms. The third-order valence-corrected chi connectivity index (χ3v) is 8.68. The van der Waals surface area contributed by atoms with E-state index in [-0.39, 0.29) is 33.0 Å². The third kappa shape index (κ3) is 6.38. The maximum absolute atomic E-state index is 13.0. The van der Waals surface area contributed by atoms with Gasteiger partial charge in [-0.2, -0.15) is 0 Å². The Balaban J connectivity index is 0.000000259. The molecule has 1 amide bonds. The number of amides is 1. The summed E-state index contributed by atoms with van der Waals surface area (Å²) in [7, 11) is -2.44. The number of esters is 1. The van der Waals surface area contributed by atoms with E-state index in [0.717, 1.165) is 21.2 Å². The molecule has 1 N–H and O–H groups in total. The van der Waals surface area contributed by atoms with Gasteiger partial charge in [0.2, 0.25) is 9.84 Å². The molecular weight excluding hydrogens is 597 g/mol. The molecular formula is C31H25BrFNO5S. The molecule has 1 heterocycles. The monoisotopic (exact) mass is 621 g/mol. The number of methoxy groups -OCH3 is 1. The van der Waals surface area contributed by atoms with Gasteiger partial charge in [-0.3, -0.25) is 4.79 Å². The van der Waals surface area contributed by atoms with Gasteiger partial charge in [-0.25, -0.2) is 17.6 Å². The lowest BCUT2D eigenvalue weighted by molar-refractivity contribution is 0.0598. The average molecular weight is 623 g/mol. The normalized spacial score (nSPS) is 12.3. The second kappa shape index (κ2) is 12.4. The topological polar surface area (TPSA) is 89.5 Å².